The zero-order valence-electron chi connectivity index (χ0n) is 17.7. The van der Waals surface area contributed by atoms with Crippen LogP contribution in [-0.4, -0.2) is 17.6 Å². The number of aromatic nitrogens is 1. The molecular formula is C26H19N3O3S. The van der Waals surface area contributed by atoms with Gasteiger partial charge in [0, 0.05) is 11.3 Å². The van der Waals surface area contributed by atoms with Gasteiger partial charge in [-0.25, -0.2) is 0 Å². The molecule has 4 rings (SSSR count). The Balaban J connectivity index is 1.98. The first-order valence-electron chi connectivity index (χ1n) is 10.0. The van der Waals surface area contributed by atoms with Gasteiger partial charge in [-0.15, -0.1) is 11.3 Å². The van der Waals surface area contributed by atoms with Crippen molar-refractivity contribution in [1.29, 1.82) is 5.26 Å². The molecule has 33 heavy (non-hydrogen) atoms. The lowest BCUT2D eigenvalue weighted by atomic mass is 10.2. The average Bonchev–Trinajstić information content (AvgIpc) is 3.16. The SMILES string of the molecule is COc1ccccc1C=c1sc(=C(C#N)C(=O)Nc2ccccc2)n(-c2ccccc2)c1=O. The monoisotopic (exact) mass is 453 g/mol. The van der Waals surface area contributed by atoms with E-state index in [1.165, 1.54) is 4.57 Å². The molecule has 6 nitrogen and oxygen atoms in total. The number of hydrogen-bond acceptors (Lipinski definition) is 5. The van der Waals surface area contributed by atoms with Crippen LogP contribution >= 0.6 is 11.3 Å². The fourth-order valence-electron chi connectivity index (χ4n) is 3.30. The number of ether oxygens (including phenoxy) is 1. The molecule has 0 aliphatic rings. The van der Waals surface area contributed by atoms with Crippen molar-refractivity contribution in [1.82, 2.24) is 4.57 Å². The summed E-state index contributed by atoms with van der Waals surface area (Å²) in [6.07, 6.45) is 1.71. The van der Waals surface area contributed by atoms with Crippen molar-refractivity contribution in [3.63, 3.8) is 0 Å². The van der Waals surface area contributed by atoms with Gasteiger partial charge in [0.25, 0.3) is 11.5 Å². The van der Waals surface area contributed by atoms with Crippen molar-refractivity contribution in [3.05, 3.63) is 110 Å². The maximum Gasteiger partial charge on any atom is 0.273 e. The van der Waals surface area contributed by atoms with Crippen LogP contribution in [0.4, 0.5) is 5.69 Å². The number of amides is 1. The Kier molecular flexibility index (Phi) is 6.48. The molecule has 4 aromatic rings. The first-order chi connectivity index (χ1) is 16.1. The summed E-state index contributed by atoms with van der Waals surface area (Å²) in [5.41, 5.74) is 1.36. The summed E-state index contributed by atoms with van der Waals surface area (Å²) in [6.45, 7) is 0. The van der Waals surface area contributed by atoms with E-state index in [9.17, 15) is 14.9 Å². The molecule has 0 aliphatic heterocycles. The number of methoxy groups -OCH3 is 1. The third kappa shape index (κ3) is 4.61. The molecule has 1 amide bonds. The Morgan fingerprint density at radius 2 is 1.64 bits per heavy atom. The highest BCUT2D eigenvalue weighted by Crippen LogP contribution is 2.17. The second-order valence-electron chi connectivity index (χ2n) is 6.94. The number of thiazole rings is 1. The Hall–Kier alpha value is -4.41. The van der Waals surface area contributed by atoms with Gasteiger partial charge in [0.15, 0.2) is 5.57 Å². The van der Waals surface area contributed by atoms with Gasteiger partial charge in [0.2, 0.25) is 0 Å². The van der Waals surface area contributed by atoms with Crippen molar-refractivity contribution in [2.24, 2.45) is 0 Å². The second kappa shape index (κ2) is 9.81. The first kappa shape index (κ1) is 21.8. The van der Waals surface area contributed by atoms with E-state index in [1.54, 1.807) is 67.8 Å². The lowest BCUT2D eigenvalue weighted by Gasteiger charge is -2.05. The number of nitriles is 1. The molecule has 0 saturated carbocycles. The van der Waals surface area contributed by atoms with Gasteiger partial charge in [-0.3, -0.25) is 14.2 Å². The minimum atomic E-state index is -0.585. The number of benzene rings is 3. The summed E-state index contributed by atoms with van der Waals surface area (Å²) in [5, 5.41) is 12.6. The third-order valence-electron chi connectivity index (χ3n) is 4.85. The van der Waals surface area contributed by atoms with Crippen LogP contribution in [0.15, 0.2) is 89.7 Å². The number of anilines is 1. The van der Waals surface area contributed by atoms with Gasteiger partial charge in [-0.05, 0) is 36.4 Å². The van der Waals surface area contributed by atoms with E-state index in [-0.39, 0.29) is 15.8 Å². The van der Waals surface area contributed by atoms with Crippen molar-refractivity contribution in [2.45, 2.75) is 0 Å². The standard InChI is InChI=1S/C26H19N3O3S/c1-32-22-15-9-8-10-18(22)16-23-25(31)29(20-13-6-3-7-14-20)26(33-23)21(17-27)24(30)28-19-11-4-2-5-12-19/h2-16H,1H3,(H,28,30). The molecule has 0 radical (unpaired) electrons. The average molecular weight is 454 g/mol. The number of nitrogens with one attached hydrogen (secondary N) is 1. The van der Waals surface area contributed by atoms with Crippen molar-refractivity contribution >= 4 is 34.6 Å². The minimum absolute atomic E-state index is 0.149. The summed E-state index contributed by atoms with van der Waals surface area (Å²) in [6, 6.07) is 27.1. The molecule has 0 spiro atoms. The van der Waals surface area contributed by atoms with Gasteiger partial charge in [0.1, 0.15) is 16.5 Å². The summed E-state index contributed by atoms with van der Waals surface area (Å²) in [5.74, 6) is 0.0305. The molecule has 0 fully saturated rings. The van der Waals surface area contributed by atoms with Crippen LogP contribution in [0.3, 0.4) is 0 Å². The topological polar surface area (TPSA) is 84.1 Å². The fraction of sp³-hybridized carbons (Fsp3) is 0.0385. The zero-order chi connectivity index (χ0) is 23.2. The van der Waals surface area contributed by atoms with Gasteiger partial charge in [-0.1, -0.05) is 54.6 Å². The predicted octanol–water partition coefficient (Wildman–Crippen LogP) is 3.05. The first-order valence-corrected chi connectivity index (χ1v) is 10.9. The lowest BCUT2D eigenvalue weighted by Crippen LogP contribution is -2.32. The third-order valence-corrected chi connectivity index (χ3v) is 5.94. The minimum Gasteiger partial charge on any atom is -0.496 e. The van der Waals surface area contributed by atoms with Crippen LogP contribution in [0, 0.1) is 11.3 Å². The molecule has 0 aliphatic carbocycles. The van der Waals surface area contributed by atoms with Crippen LogP contribution in [0.1, 0.15) is 5.56 Å². The fourth-order valence-corrected chi connectivity index (χ4v) is 4.39. The maximum atomic E-state index is 13.4. The van der Waals surface area contributed by atoms with Gasteiger partial charge >= 0.3 is 0 Å². The number of rotatable bonds is 5. The molecule has 1 N–H and O–H groups in total. The molecule has 3 aromatic carbocycles. The maximum absolute atomic E-state index is 13.4. The van der Waals surface area contributed by atoms with Crippen LogP contribution < -0.4 is 24.8 Å². The van der Waals surface area contributed by atoms with E-state index >= 15 is 0 Å². The van der Waals surface area contributed by atoms with Crippen molar-refractivity contribution in [3.8, 4) is 17.5 Å². The molecule has 162 valence electrons. The molecule has 7 heteroatoms. The van der Waals surface area contributed by atoms with Crippen LogP contribution in [0.2, 0.25) is 0 Å². The van der Waals surface area contributed by atoms with E-state index in [0.717, 1.165) is 16.9 Å². The van der Waals surface area contributed by atoms with E-state index in [1.807, 2.05) is 36.4 Å². The number of carbonyl (C=O) groups excluding carboxylic acids is 1. The second-order valence-corrected chi connectivity index (χ2v) is 7.97. The zero-order valence-corrected chi connectivity index (χ0v) is 18.5. The van der Waals surface area contributed by atoms with E-state index < -0.39 is 5.91 Å². The number of carbonyl (C=O) groups is 1. The highest BCUT2D eigenvalue weighted by Gasteiger charge is 2.17. The van der Waals surface area contributed by atoms with Crippen LogP contribution in [-0.2, 0) is 4.79 Å². The Bertz CT molecular complexity index is 1510. The Labute approximate surface area is 193 Å². The Morgan fingerprint density at radius 1 is 1.00 bits per heavy atom. The van der Waals surface area contributed by atoms with E-state index in [0.29, 0.717) is 21.7 Å². The molecule has 0 saturated heterocycles. The van der Waals surface area contributed by atoms with Crippen LogP contribution in [0.5, 0.6) is 5.75 Å². The molecule has 1 aromatic heterocycles. The number of nitrogens with zero attached hydrogens (tertiary/aromatic N) is 2. The van der Waals surface area contributed by atoms with Gasteiger partial charge in [0.05, 0.1) is 17.3 Å². The van der Waals surface area contributed by atoms with E-state index in [4.69, 9.17) is 4.74 Å². The highest BCUT2D eigenvalue weighted by molar-refractivity contribution is 7.07. The summed E-state index contributed by atoms with van der Waals surface area (Å²) in [7, 11) is 1.56. The van der Waals surface area contributed by atoms with Crippen molar-refractivity contribution in [2.75, 3.05) is 12.4 Å². The highest BCUT2D eigenvalue weighted by atomic mass is 32.1. The quantitative estimate of drug-likeness (QED) is 0.503. The molecule has 0 unspecified atom stereocenters. The summed E-state index contributed by atoms with van der Waals surface area (Å²) < 4.78 is 7.42. The van der Waals surface area contributed by atoms with Crippen molar-refractivity contribution < 1.29 is 9.53 Å². The largest absolute Gasteiger partial charge is 0.496 e. The normalized spacial score (nSPS) is 12.1. The molecular weight excluding hydrogens is 434 g/mol. The molecule has 1 heterocycles. The molecule has 0 bridgehead atoms. The summed E-state index contributed by atoms with van der Waals surface area (Å²) in [4.78, 5) is 26.4. The van der Waals surface area contributed by atoms with Gasteiger partial charge < -0.3 is 10.1 Å². The molecule has 0 atom stereocenters. The predicted molar refractivity (Wildman–Crippen MR) is 130 cm³/mol. The Morgan fingerprint density at radius 3 is 2.30 bits per heavy atom. The van der Waals surface area contributed by atoms with Crippen LogP contribution in [0.25, 0.3) is 17.3 Å². The number of hydrogen-bond donors (Lipinski definition) is 1. The van der Waals surface area contributed by atoms with Gasteiger partial charge in [-0.2, -0.15) is 5.26 Å². The smallest absolute Gasteiger partial charge is 0.273 e. The van der Waals surface area contributed by atoms with E-state index in [2.05, 4.69) is 5.32 Å². The number of para-hydroxylation sites is 3. The summed E-state index contributed by atoms with van der Waals surface area (Å²) >= 11 is 1.09. The lowest BCUT2D eigenvalue weighted by molar-refractivity contribution is -0.111.